The molecular weight excluding hydrogens is 335 g/mol. The number of urea groups is 1. The van der Waals surface area contributed by atoms with Gasteiger partial charge in [-0.2, -0.15) is 13.2 Å². The van der Waals surface area contributed by atoms with Gasteiger partial charge in [0.25, 0.3) is 0 Å². The summed E-state index contributed by atoms with van der Waals surface area (Å²) < 4.78 is 44.3. The fourth-order valence-electron chi connectivity index (χ4n) is 2.77. The summed E-state index contributed by atoms with van der Waals surface area (Å²) in [5, 5.41) is 2.38. The molecule has 0 radical (unpaired) electrons. The molecule has 2 heterocycles. The van der Waals surface area contributed by atoms with Crippen LogP contribution >= 0.6 is 0 Å². The molecule has 1 aliphatic rings. The van der Waals surface area contributed by atoms with Gasteiger partial charge in [-0.15, -0.1) is 0 Å². The van der Waals surface area contributed by atoms with Gasteiger partial charge in [0.05, 0.1) is 24.1 Å². The van der Waals surface area contributed by atoms with Gasteiger partial charge >= 0.3 is 12.2 Å². The molecule has 5 nitrogen and oxygen atoms in total. The normalized spacial score (nSPS) is 16.0. The monoisotopic (exact) mass is 353 g/mol. The predicted octanol–water partition coefficient (Wildman–Crippen LogP) is 3.65. The van der Waals surface area contributed by atoms with Gasteiger partial charge in [-0.25, -0.2) is 4.79 Å². The van der Waals surface area contributed by atoms with E-state index in [0.29, 0.717) is 32.7 Å². The van der Waals surface area contributed by atoms with Crippen LogP contribution in [-0.4, -0.2) is 42.0 Å². The Bertz CT molecular complexity index is 708. The number of nitrogens with one attached hydrogen (secondary N) is 1. The summed E-state index contributed by atoms with van der Waals surface area (Å²) in [5.74, 6) is 0.844. The van der Waals surface area contributed by atoms with Gasteiger partial charge in [0.15, 0.2) is 0 Å². The van der Waals surface area contributed by atoms with E-state index in [1.54, 1.807) is 6.26 Å². The van der Waals surface area contributed by atoms with E-state index in [2.05, 4.69) is 10.2 Å². The van der Waals surface area contributed by atoms with Gasteiger partial charge in [-0.3, -0.25) is 4.90 Å². The first-order valence-corrected chi connectivity index (χ1v) is 7.90. The molecule has 1 aromatic heterocycles. The average molecular weight is 353 g/mol. The van der Waals surface area contributed by atoms with E-state index in [1.807, 2.05) is 12.1 Å². The second-order valence-electron chi connectivity index (χ2n) is 5.82. The average Bonchev–Trinajstić information content (AvgIpc) is 3.08. The number of amides is 2. The molecule has 1 aliphatic heterocycles. The zero-order valence-electron chi connectivity index (χ0n) is 13.4. The summed E-state index contributed by atoms with van der Waals surface area (Å²) in [4.78, 5) is 15.9. The lowest BCUT2D eigenvalue weighted by Crippen LogP contribution is -2.49. The van der Waals surface area contributed by atoms with Crippen LogP contribution < -0.4 is 5.32 Å². The van der Waals surface area contributed by atoms with Crippen molar-refractivity contribution >= 4 is 11.7 Å². The Hall–Kier alpha value is -2.48. The number of para-hydroxylation sites is 1. The molecule has 3 rings (SSSR count). The number of alkyl halides is 3. The number of furan rings is 1. The van der Waals surface area contributed by atoms with Gasteiger partial charge < -0.3 is 14.6 Å². The van der Waals surface area contributed by atoms with Crippen LogP contribution in [0.5, 0.6) is 0 Å². The Morgan fingerprint density at radius 2 is 1.80 bits per heavy atom. The minimum Gasteiger partial charge on any atom is -0.468 e. The maximum absolute atomic E-state index is 13.0. The van der Waals surface area contributed by atoms with Crippen molar-refractivity contribution in [3.63, 3.8) is 0 Å². The molecule has 0 saturated carbocycles. The fraction of sp³-hybridized carbons (Fsp3) is 0.353. The van der Waals surface area contributed by atoms with Crippen LogP contribution in [0.25, 0.3) is 0 Å². The molecule has 2 aromatic rings. The van der Waals surface area contributed by atoms with Crippen molar-refractivity contribution < 1.29 is 22.4 Å². The number of anilines is 1. The molecule has 0 atom stereocenters. The molecule has 1 fully saturated rings. The quantitative estimate of drug-likeness (QED) is 0.916. The highest BCUT2D eigenvalue weighted by Gasteiger charge is 2.34. The molecule has 0 unspecified atom stereocenters. The van der Waals surface area contributed by atoms with Crippen LogP contribution in [0.15, 0.2) is 47.1 Å². The lowest BCUT2D eigenvalue weighted by molar-refractivity contribution is -0.136. The van der Waals surface area contributed by atoms with Gasteiger partial charge in [-0.1, -0.05) is 12.1 Å². The molecule has 1 aromatic carbocycles. The van der Waals surface area contributed by atoms with E-state index in [-0.39, 0.29) is 5.69 Å². The number of rotatable bonds is 3. The highest BCUT2D eigenvalue weighted by atomic mass is 19.4. The second-order valence-corrected chi connectivity index (χ2v) is 5.82. The van der Waals surface area contributed by atoms with E-state index in [1.165, 1.54) is 23.1 Å². The topological polar surface area (TPSA) is 48.7 Å². The zero-order chi connectivity index (χ0) is 17.9. The SMILES string of the molecule is O=C(Nc1ccccc1C(F)(F)F)N1CCN(Cc2ccco2)CC1. The van der Waals surface area contributed by atoms with Crippen LogP contribution in [0.4, 0.5) is 23.7 Å². The van der Waals surface area contributed by atoms with E-state index in [9.17, 15) is 18.0 Å². The molecule has 0 aliphatic carbocycles. The minimum atomic E-state index is -4.51. The first-order chi connectivity index (χ1) is 11.9. The smallest absolute Gasteiger partial charge is 0.418 e. The maximum atomic E-state index is 13.0. The van der Waals surface area contributed by atoms with Crippen LogP contribution in [0.1, 0.15) is 11.3 Å². The van der Waals surface area contributed by atoms with Crippen molar-refractivity contribution in [2.24, 2.45) is 0 Å². The van der Waals surface area contributed by atoms with Crippen molar-refractivity contribution in [2.45, 2.75) is 12.7 Å². The van der Waals surface area contributed by atoms with Crippen molar-refractivity contribution in [1.82, 2.24) is 9.80 Å². The molecule has 0 spiro atoms. The molecular formula is C17H18F3N3O2. The van der Waals surface area contributed by atoms with E-state index >= 15 is 0 Å². The maximum Gasteiger partial charge on any atom is 0.418 e. The number of hydrogen-bond acceptors (Lipinski definition) is 3. The van der Waals surface area contributed by atoms with E-state index in [0.717, 1.165) is 11.8 Å². The number of piperazine rings is 1. The third-order valence-corrected chi connectivity index (χ3v) is 4.09. The summed E-state index contributed by atoms with van der Waals surface area (Å²) in [6.45, 7) is 2.81. The Morgan fingerprint density at radius 1 is 1.08 bits per heavy atom. The summed E-state index contributed by atoms with van der Waals surface area (Å²) >= 11 is 0. The molecule has 25 heavy (non-hydrogen) atoms. The van der Waals surface area contributed by atoms with Gasteiger partial charge in [0, 0.05) is 26.2 Å². The molecule has 8 heteroatoms. The molecule has 1 saturated heterocycles. The number of carbonyl (C=O) groups excluding carboxylic acids is 1. The molecule has 1 N–H and O–H groups in total. The third kappa shape index (κ3) is 4.33. The van der Waals surface area contributed by atoms with Crippen LogP contribution in [0, 0.1) is 0 Å². The summed E-state index contributed by atoms with van der Waals surface area (Å²) in [6.07, 6.45) is -2.90. The summed E-state index contributed by atoms with van der Waals surface area (Å²) in [7, 11) is 0. The Morgan fingerprint density at radius 3 is 2.44 bits per heavy atom. The largest absolute Gasteiger partial charge is 0.468 e. The zero-order valence-corrected chi connectivity index (χ0v) is 13.4. The minimum absolute atomic E-state index is 0.224. The third-order valence-electron chi connectivity index (χ3n) is 4.09. The lowest BCUT2D eigenvalue weighted by atomic mass is 10.1. The van der Waals surface area contributed by atoms with E-state index < -0.39 is 17.8 Å². The standard InChI is InChI=1S/C17H18F3N3O2/c18-17(19,20)14-5-1-2-6-15(14)21-16(24)23-9-7-22(8-10-23)12-13-4-3-11-25-13/h1-6,11H,7-10,12H2,(H,21,24). The van der Waals surface area contributed by atoms with Gasteiger partial charge in [-0.05, 0) is 24.3 Å². The first-order valence-electron chi connectivity index (χ1n) is 7.90. The Labute approximate surface area is 143 Å². The van der Waals surface area contributed by atoms with Crippen LogP contribution in [0.2, 0.25) is 0 Å². The van der Waals surface area contributed by atoms with Gasteiger partial charge in [0.1, 0.15) is 5.76 Å². The van der Waals surface area contributed by atoms with Crippen molar-refractivity contribution in [3.8, 4) is 0 Å². The second kappa shape index (κ2) is 7.18. The van der Waals surface area contributed by atoms with Crippen LogP contribution in [-0.2, 0) is 12.7 Å². The fourth-order valence-corrected chi connectivity index (χ4v) is 2.77. The first kappa shape index (κ1) is 17.3. The van der Waals surface area contributed by atoms with Crippen molar-refractivity contribution in [2.75, 3.05) is 31.5 Å². The Balaban J connectivity index is 1.57. The lowest BCUT2D eigenvalue weighted by Gasteiger charge is -2.34. The predicted molar refractivity (Wildman–Crippen MR) is 86.0 cm³/mol. The number of halogens is 3. The number of benzene rings is 1. The molecule has 0 bridgehead atoms. The van der Waals surface area contributed by atoms with Gasteiger partial charge in [0.2, 0.25) is 0 Å². The molecule has 2 amide bonds. The number of hydrogen-bond donors (Lipinski definition) is 1. The van der Waals surface area contributed by atoms with Crippen LogP contribution in [0.3, 0.4) is 0 Å². The summed E-state index contributed by atoms with van der Waals surface area (Å²) in [6, 6.07) is 8.15. The van der Waals surface area contributed by atoms with E-state index in [4.69, 9.17) is 4.42 Å². The highest BCUT2D eigenvalue weighted by molar-refractivity contribution is 5.90. The number of carbonyl (C=O) groups is 1. The van der Waals surface area contributed by atoms with Crippen molar-refractivity contribution in [1.29, 1.82) is 0 Å². The highest BCUT2D eigenvalue weighted by Crippen LogP contribution is 2.34. The number of nitrogens with zero attached hydrogens (tertiary/aromatic N) is 2. The molecule has 134 valence electrons. The Kier molecular flexibility index (Phi) is 4.98. The summed E-state index contributed by atoms with van der Waals surface area (Å²) in [5.41, 5.74) is -1.07. The van der Waals surface area contributed by atoms with Crippen molar-refractivity contribution in [3.05, 3.63) is 54.0 Å².